The van der Waals surface area contributed by atoms with Crippen molar-refractivity contribution in [1.29, 1.82) is 0 Å². The van der Waals surface area contributed by atoms with Crippen LogP contribution in [0.1, 0.15) is 52.4 Å². The van der Waals surface area contributed by atoms with Crippen molar-refractivity contribution in [3.63, 3.8) is 0 Å². The topological polar surface area (TPSA) is 57.6 Å². The largest absolute Gasteiger partial charge is 0.392 e. The minimum Gasteiger partial charge on any atom is -0.392 e. The molecule has 116 valence electrons. The van der Waals surface area contributed by atoms with Crippen LogP contribution in [-0.4, -0.2) is 42.8 Å². The average molecular weight is 301 g/mol. The molecule has 4 nitrogen and oxygen atoms in total. The van der Waals surface area contributed by atoms with Crippen molar-refractivity contribution in [2.24, 2.45) is 16.7 Å². The number of sulfonamides is 1. The van der Waals surface area contributed by atoms with Gasteiger partial charge in [0.15, 0.2) is 0 Å². The number of aliphatic hydroxyl groups is 1. The Bertz CT molecular complexity index is 481. The summed E-state index contributed by atoms with van der Waals surface area (Å²) < 4.78 is 27.2. The van der Waals surface area contributed by atoms with Gasteiger partial charge in [0.1, 0.15) is 0 Å². The predicted octanol–water partition coefficient (Wildman–Crippen LogP) is 1.99. The van der Waals surface area contributed by atoms with E-state index in [1.807, 2.05) is 0 Å². The smallest absolute Gasteiger partial charge is 0.214 e. The first-order valence-electron chi connectivity index (χ1n) is 7.95. The molecule has 3 rings (SSSR count). The van der Waals surface area contributed by atoms with Crippen molar-refractivity contribution in [2.45, 2.75) is 58.5 Å². The molecule has 1 aliphatic heterocycles. The van der Waals surface area contributed by atoms with Gasteiger partial charge < -0.3 is 5.11 Å². The Morgan fingerprint density at radius 2 is 1.85 bits per heavy atom. The Morgan fingerprint density at radius 1 is 1.20 bits per heavy atom. The predicted molar refractivity (Wildman–Crippen MR) is 78.8 cm³/mol. The van der Waals surface area contributed by atoms with Crippen molar-refractivity contribution in [1.82, 2.24) is 4.31 Å². The molecule has 20 heavy (non-hydrogen) atoms. The quantitative estimate of drug-likeness (QED) is 0.867. The van der Waals surface area contributed by atoms with Crippen LogP contribution < -0.4 is 0 Å². The molecule has 3 fully saturated rings. The maximum Gasteiger partial charge on any atom is 0.214 e. The highest BCUT2D eigenvalue weighted by molar-refractivity contribution is 7.89. The molecule has 0 aromatic rings. The maximum atomic E-state index is 12.8. The van der Waals surface area contributed by atoms with Crippen LogP contribution in [0.5, 0.6) is 0 Å². The third kappa shape index (κ3) is 1.97. The molecule has 5 heteroatoms. The molecule has 0 spiro atoms. The number of nitrogens with zero attached hydrogens (tertiary/aromatic N) is 1. The number of fused-ring (bicyclic) bond motifs is 2. The zero-order valence-corrected chi connectivity index (χ0v) is 13.5. The van der Waals surface area contributed by atoms with E-state index in [-0.39, 0.29) is 11.2 Å². The van der Waals surface area contributed by atoms with Crippen LogP contribution in [0, 0.1) is 16.7 Å². The van der Waals surface area contributed by atoms with E-state index in [9.17, 15) is 13.5 Å². The molecular formula is C15H27NO3S. The lowest BCUT2D eigenvalue weighted by molar-refractivity contribution is 0.0144. The molecule has 0 aromatic heterocycles. The fourth-order valence-corrected chi connectivity index (χ4v) is 7.30. The fraction of sp³-hybridized carbons (Fsp3) is 1.00. The number of aliphatic hydroxyl groups excluding tert-OH is 1. The number of hydrogen-bond donors (Lipinski definition) is 1. The van der Waals surface area contributed by atoms with Crippen LogP contribution >= 0.6 is 0 Å². The SMILES string of the molecule is CC1(C)[C@@H]2CC[C@@]1(CS(=O)(=O)N1CCCCC1)[C@H](O)C2. The van der Waals surface area contributed by atoms with Crippen molar-refractivity contribution >= 4 is 10.0 Å². The van der Waals surface area contributed by atoms with Crippen LogP contribution in [0.15, 0.2) is 0 Å². The van der Waals surface area contributed by atoms with E-state index in [0.717, 1.165) is 38.5 Å². The Morgan fingerprint density at radius 3 is 2.35 bits per heavy atom. The first-order chi connectivity index (χ1) is 9.30. The van der Waals surface area contributed by atoms with Gasteiger partial charge in [0.05, 0.1) is 11.9 Å². The molecule has 2 aliphatic carbocycles. The Kier molecular flexibility index (Phi) is 3.46. The highest BCUT2D eigenvalue weighted by atomic mass is 32.2. The minimum absolute atomic E-state index is 0.0602. The minimum atomic E-state index is -3.24. The van der Waals surface area contributed by atoms with Gasteiger partial charge >= 0.3 is 0 Å². The van der Waals surface area contributed by atoms with Crippen molar-refractivity contribution < 1.29 is 13.5 Å². The molecule has 3 atom stereocenters. The van der Waals surface area contributed by atoms with Crippen molar-refractivity contribution in [2.75, 3.05) is 18.8 Å². The van der Waals surface area contributed by atoms with E-state index in [4.69, 9.17) is 0 Å². The zero-order chi connectivity index (χ0) is 14.6. The van der Waals surface area contributed by atoms with E-state index in [0.29, 0.717) is 19.0 Å². The summed E-state index contributed by atoms with van der Waals surface area (Å²) in [5.74, 6) is 0.624. The van der Waals surface area contributed by atoms with Gasteiger partial charge in [0.25, 0.3) is 0 Å². The highest BCUT2D eigenvalue weighted by Crippen LogP contribution is 2.66. The summed E-state index contributed by atoms with van der Waals surface area (Å²) in [4.78, 5) is 0. The second-order valence-electron chi connectivity index (χ2n) is 7.58. The van der Waals surface area contributed by atoms with Crippen LogP contribution in [0.25, 0.3) is 0 Å². The monoisotopic (exact) mass is 301 g/mol. The summed E-state index contributed by atoms with van der Waals surface area (Å²) in [6.45, 7) is 5.65. The second kappa shape index (κ2) is 4.68. The number of piperidine rings is 1. The Hall–Kier alpha value is -0.130. The van der Waals surface area contributed by atoms with Gasteiger partial charge in [-0.05, 0) is 43.4 Å². The van der Waals surface area contributed by atoms with Crippen molar-refractivity contribution in [3.05, 3.63) is 0 Å². The zero-order valence-electron chi connectivity index (χ0n) is 12.6. The highest BCUT2D eigenvalue weighted by Gasteiger charge is 2.65. The third-order valence-electron chi connectivity index (χ3n) is 6.54. The lowest BCUT2D eigenvalue weighted by Gasteiger charge is -2.41. The molecule has 2 bridgehead atoms. The second-order valence-corrected chi connectivity index (χ2v) is 9.55. The molecule has 0 unspecified atom stereocenters. The normalized spacial score (nSPS) is 41.1. The van der Waals surface area contributed by atoms with Gasteiger partial charge in [-0.25, -0.2) is 12.7 Å². The molecule has 1 N–H and O–H groups in total. The van der Waals surface area contributed by atoms with Crippen LogP contribution in [0.2, 0.25) is 0 Å². The lowest BCUT2D eigenvalue weighted by atomic mass is 9.70. The molecular weight excluding hydrogens is 274 g/mol. The molecule has 0 aromatic carbocycles. The summed E-state index contributed by atoms with van der Waals surface area (Å²) in [7, 11) is -3.24. The van der Waals surface area contributed by atoms with E-state index in [2.05, 4.69) is 13.8 Å². The molecule has 1 saturated heterocycles. The third-order valence-corrected chi connectivity index (χ3v) is 8.57. The van der Waals surface area contributed by atoms with Gasteiger partial charge in [-0.3, -0.25) is 0 Å². The molecule has 0 amide bonds. The first-order valence-corrected chi connectivity index (χ1v) is 9.56. The fourth-order valence-electron chi connectivity index (χ4n) is 4.94. The molecule has 1 heterocycles. The van der Waals surface area contributed by atoms with E-state index >= 15 is 0 Å². The van der Waals surface area contributed by atoms with Crippen LogP contribution in [0.3, 0.4) is 0 Å². The standard InChI is InChI=1S/C15H27NO3S/c1-14(2)12-6-7-15(14,13(17)10-12)11-20(18,19)16-8-4-3-5-9-16/h12-13,17H,3-11H2,1-2H3/t12-,13-,15-/m1/s1. The van der Waals surface area contributed by atoms with Crippen LogP contribution in [-0.2, 0) is 10.0 Å². The van der Waals surface area contributed by atoms with Gasteiger partial charge in [0, 0.05) is 18.5 Å². The van der Waals surface area contributed by atoms with Crippen LogP contribution in [0.4, 0.5) is 0 Å². The van der Waals surface area contributed by atoms with Gasteiger partial charge in [-0.2, -0.15) is 0 Å². The number of rotatable bonds is 3. The van der Waals surface area contributed by atoms with Gasteiger partial charge in [-0.1, -0.05) is 20.3 Å². The maximum absolute atomic E-state index is 12.8. The Labute approximate surface area is 122 Å². The number of hydrogen-bond acceptors (Lipinski definition) is 3. The van der Waals surface area contributed by atoms with E-state index in [1.54, 1.807) is 4.31 Å². The Balaban J connectivity index is 1.86. The molecule has 3 aliphatic rings. The summed E-state index contributed by atoms with van der Waals surface area (Å²) >= 11 is 0. The van der Waals surface area contributed by atoms with E-state index < -0.39 is 21.5 Å². The van der Waals surface area contributed by atoms with Gasteiger partial charge in [-0.15, -0.1) is 0 Å². The molecule has 2 saturated carbocycles. The lowest BCUT2D eigenvalue weighted by Crippen LogP contribution is -2.49. The van der Waals surface area contributed by atoms with Crippen molar-refractivity contribution in [3.8, 4) is 0 Å². The summed E-state index contributed by atoms with van der Waals surface area (Å²) in [6.07, 6.45) is 5.34. The van der Waals surface area contributed by atoms with Gasteiger partial charge in [0.2, 0.25) is 10.0 Å². The summed E-state index contributed by atoms with van der Waals surface area (Å²) in [5, 5.41) is 10.5. The summed E-state index contributed by atoms with van der Waals surface area (Å²) in [5.41, 5.74) is -0.483. The first kappa shape index (κ1) is 14.8. The van der Waals surface area contributed by atoms with E-state index in [1.165, 1.54) is 0 Å². The summed E-state index contributed by atoms with van der Waals surface area (Å²) in [6, 6.07) is 0. The average Bonchev–Trinajstić information content (AvgIpc) is 2.73. The molecule has 0 radical (unpaired) electrons.